The molecule has 0 aliphatic rings. The molecule has 0 bridgehead atoms. The van der Waals surface area contributed by atoms with Gasteiger partial charge in [-0.2, -0.15) is 5.10 Å². The number of H-pyrrole nitrogens is 1. The Bertz CT molecular complexity index is 999. The number of nitrogens with zero attached hydrogens (tertiary/aromatic N) is 1. The highest BCUT2D eigenvalue weighted by atomic mass is 16.4. The van der Waals surface area contributed by atoms with E-state index in [0.717, 1.165) is 28.8 Å². The highest BCUT2D eigenvalue weighted by Gasteiger charge is 2.24. The molecule has 0 spiro atoms. The van der Waals surface area contributed by atoms with Crippen LogP contribution in [0, 0.1) is 5.92 Å². The van der Waals surface area contributed by atoms with E-state index in [1.54, 1.807) is 6.07 Å². The second-order valence-corrected chi connectivity index (χ2v) is 7.52. The maximum Gasteiger partial charge on any atom is 0.308 e. The molecule has 3 rings (SSSR count). The van der Waals surface area contributed by atoms with Crippen LogP contribution in [0.1, 0.15) is 35.1 Å². The maximum absolute atomic E-state index is 12.6. The van der Waals surface area contributed by atoms with Crippen molar-refractivity contribution >= 4 is 11.9 Å². The van der Waals surface area contributed by atoms with Crippen LogP contribution in [-0.2, 0) is 17.6 Å². The third-order valence-electron chi connectivity index (χ3n) is 5.26. The van der Waals surface area contributed by atoms with Crippen molar-refractivity contribution in [1.29, 1.82) is 0 Å². The highest BCUT2D eigenvalue weighted by molar-refractivity contribution is 5.92. The first-order chi connectivity index (χ1) is 15.0. The number of rotatable bonds is 10. The average molecular weight is 421 g/mol. The molecule has 0 aliphatic carbocycles. The number of hydrogen-bond acceptors (Lipinski definition) is 4. The van der Waals surface area contributed by atoms with E-state index < -0.39 is 24.5 Å². The van der Waals surface area contributed by atoms with Crippen molar-refractivity contribution in [3.05, 3.63) is 77.6 Å². The second kappa shape index (κ2) is 10.5. The molecule has 0 unspecified atom stereocenters. The molecule has 0 aliphatic heterocycles. The first-order valence-corrected chi connectivity index (χ1v) is 10.3. The maximum atomic E-state index is 12.6. The Hall–Kier alpha value is -3.45. The van der Waals surface area contributed by atoms with Gasteiger partial charge < -0.3 is 15.5 Å². The summed E-state index contributed by atoms with van der Waals surface area (Å²) in [5, 5.41) is 28.5. The lowest BCUT2D eigenvalue weighted by Crippen LogP contribution is -2.40. The smallest absolute Gasteiger partial charge is 0.308 e. The van der Waals surface area contributed by atoms with Gasteiger partial charge in [0.2, 0.25) is 0 Å². The molecule has 7 heteroatoms. The summed E-state index contributed by atoms with van der Waals surface area (Å²) in [6.45, 7) is 1.47. The van der Waals surface area contributed by atoms with Gasteiger partial charge in [-0.1, -0.05) is 61.5 Å². The third-order valence-corrected chi connectivity index (χ3v) is 5.26. The number of hydrogen-bond donors (Lipinski definition) is 4. The Morgan fingerprint density at radius 1 is 1.06 bits per heavy atom. The molecule has 4 N–H and O–H groups in total. The van der Waals surface area contributed by atoms with Crippen molar-refractivity contribution in [2.45, 2.75) is 32.2 Å². The minimum atomic E-state index is -1.09. The van der Waals surface area contributed by atoms with Gasteiger partial charge in [0.05, 0.1) is 12.5 Å². The summed E-state index contributed by atoms with van der Waals surface area (Å²) < 4.78 is 0. The summed E-state index contributed by atoms with van der Waals surface area (Å²) in [7, 11) is 0. The van der Waals surface area contributed by atoms with Gasteiger partial charge in [0.25, 0.3) is 5.91 Å². The van der Waals surface area contributed by atoms with Crippen molar-refractivity contribution in [3.63, 3.8) is 0 Å². The Balaban J connectivity index is 1.75. The van der Waals surface area contributed by atoms with Crippen LogP contribution >= 0.6 is 0 Å². The van der Waals surface area contributed by atoms with Crippen LogP contribution in [0.3, 0.4) is 0 Å². The van der Waals surface area contributed by atoms with Crippen LogP contribution in [0.4, 0.5) is 0 Å². The van der Waals surface area contributed by atoms with Crippen molar-refractivity contribution in [1.82, 2.24) is 15.5 Å². The number of aliphatic hydroxyl groups excluding tert-OH is 1. The van der Waals surface area contributed by atoms with Crippen LogP contribution < -0.4 is 5.32 Å². The Morgan fingerprint density at radius 3 is 2.32 bits per heavy atom. The van der Waals surface area contributed by atoms with Gasteiger partial charge in [-0.05, 0) is 42.0 Å². The monoisotopic (exact) mass is 421 g/mol. The molecule has 1 heterocycles. The number of amides is 1. The molecular weight excluding hydrogens is 394 g/mol. The van der Waals surface area contributed by atoms with Crippen molar-refractivity contribution in [2.75, 3.05) is 6.61 Å². The molecule has 7 nitrogen and oxygen atoms in total. The summed E-state index contributed by atoms with van der Waals surface area (Å²) in [4.78, 5) is 24.1. The van der Waals surface area contributed by atoms with Gasteiger partial charge in [-0.3, -0.25) is 14.7 Å². The number of aliphatic hydroxyl groups is 1. The number of benzene rings is 2. The molecule has 2 atom stereocenters. The fraction of sp³-hybridized carbons (Fsp3) is 0.292. The summed E-state index contributed by atoms with van der Waals surface area (Å²) in [6.07, 6.45) is 1.28. The quantitative estimate of drug-likeness (QED) is 0.402. The van der Waals surface area contributed by atoms with E-state index in [1.165, 1.54) is 0 Å². The lowest BCUT2D eigenvalue weighted by atomic mass is 9.94. The number of aromatic amines is 1. The normalized spacial score (nSPS) is 12.8. The molecular formula is C24H27N3O4. The Morgan fingerprint density at radius 2 is 1.74 bits per heavy atom. The van der Waals surface area contributed by atoms with Gasteiger partial charge in [-0.15, -0.1) is 0 Å². The van der Waals surface area contributed by atoms with E-state index in [-0.39, 0.29) is 18.0 Å². The topological polar surface area (TPSA) is 115 Å². The molecule has 162 valence electrons. The van der Waals surface area contributed by atoms with Crippen LogP contribution in [0.15, 0.2) is 60.7 Å². The number of aryl methyl sites for hydroxylation is 1. The van der Waals surface area contributed by atoms with E-state index in [1.807, 2.05) is 61.5 Å². The van der Waals surface area contributed by atoms with Crippen molar-refractivity contribution in [3.8, 4) is 11.1 Å². The first-order valence-electron chi connectivity index (χ1n) is 10.3. The van der Waals surface area contributed by atoms with Gasteiger partial charge in [0, 0.05) is 11.7 Å². The average Bonchev–Trinajstić information content (AvgIpc) is 3.28. The molecule has 1 aromatic heterocycles. The number of nitrogens with one attached hydrogen (secondary N) is 2. The van der Waals surface area contributed by atoms with Crippen LogP contribution in [0.2, 0.25) is 0 Å². The molecule has 31 heavy (non-hydrogen) atoms. The summed E-state index contributed by atoms with van der Waals surface area (Å²) in [5.41, 5.74) is 4.25. The zero-order chi connectivity index (χ0) is 22.2. The van der Waals surface area contributed by atoms with Gasteiger partial charge in [0.15, 0.2) is 0 Å². The van der Waals surface area contributed by atoms with E-state index in [9.17, 15) is 19.8 Å². The highest BCUT2D eigenvalue weighted by Crippen LogP contribution is 2.21. The largest absolute Gasteiger partial charge is 0.481 e. The van der Waals surface area contributed by atoms with Crippen LogP contribution in [-0.4, -0.2) is 44.9 Å². The molecule has 0 saturated heterocycles. The number of carboxylic acids is 1. The summed E-state index contributed by atoms with van der Waals surface area (Å²) in [6, 6.07) is 19.2. The number of carbonyl (C=O) groups is 2. The number of aromatic nitrogens is 2. The van der Waals surface area contributed by atoms with Crippen LogP contribution in [0.5, 0.6) is 0 Å². The predicted molar refractivity (Wildman–Crippen MR) is 118 cm³/mol. The van der Waals surface area contributed by atoms with E-state index in [0.29, 0.717) is 6.42 Å². The van der Waals surface area contributed by atoms with Crippen molar-refractivity contribution < 1.29 is 19.8 Å². The van der Waals surface area contributed by atoms with Gasteiger partial charge >= 0.3 is 5.97 Å². The molecule has 2 aromatic carbocycles. The number of carbonyl (C=O) groups excluding carboxylic acids is 1. The van der Waals surface area contributed by atoms with E-state index in [4.69, 9.17) is 0 Å². The second-order valence-electron chi connectivity index (χ2n) is 7.52. The fourth-order valence-corrected chi connectivity index (χ4v) is 3.46. The van der Waals surface area contributed by atoms with Crippen LogP contribution in [0.25, 0.3) is 11.1 Å². The van der Waals surface area contributed by atoms with Gasteiger partial charge in [-0.25, -0.2) is 0 Å². The molecule has 0 saturated carbocycles. The minimum Gasteiger partial charge on any atom is -0.481 e. The number of carboxylic acid groups (broad SMARTS) is 1. The van der Waals surface area contributed by atoms with Gasteiger partial charge in [0.1, 0.15) is 5.69 Å². The molecule has 1 amide bonds. The third kappa shape index (κ3) is 6.02. The zero-order valence-electron chi connectivity index (χ0n) is 17.4. The zero-order valence-corrected chi connectivity index (χ0v) is 17.4. The Kier molecular flexibility index (Phi) is 7.56. The molecule has 0 fully saturated rings. The van der Waals surface area contributed by atoms with E-state index in [2.05, 4.69) is 15.5 Å². The summed E-state index contributed by atoms with van der Waals surface area (Å²) >= 11 is 0. The van der Waals surface area contributed by atoms with E-state index >= 15 is 0 Å². The lowest BCUT2D eigenvalue weighted by molar-refractivity contribution is -0.143. The first kappa shape index (κ1) is 22.2. The number of aliphatic carboxylic acids is 1. The lowest BCUT2D eigenvalue weighted by Gasteiger charge is -2.21. The minimum absolute atomic E-state index is 0.114. The predicted octanol–water partition coefficient (Wildman–Crippen LogP) is 3.06. The molecule has 0 radical (unpaired) electrons. The van der Waals surface area contributed by atoms with Crippen molar-refractivity contribution in [2.24, 2.45) is 5.92 Å². The Labute approximate surface area is 181 Å². The molecule has 3 aromatic rings. The SMILES string of the molecule is CCc1cc(C(=O)N[C@H](Cc2ccc(-c3ccccc3)cc2)C[C@@H](CO)C(=O)O)n[nH]1. The standard InChI is InChI=1S/C24H27N3O4/c1-2-20-14-22(27-26-20)23(29)25-21(13-19(15-28)24(30)31)12-16-8-10-18(11-9-16)17-6-4-3-5-7-17/h3-11,14,19,21,28H,2,12-13,15H2,1H3,(H,25,29)(H,26,27)(H,30,31)/t19-,21+/m0/s1. The summed E-state index contributed by atoms with van der Waals surface area (Å²) in [5.74, 6) is -2.42. The fourth-order valence-electron chi connectivity index (χ4n) is 3.46.